The van der Waals surface area contributed by atoms with Crippen molar-refractivity contribution in [2.45, 2.75) is 39.0 Å². The van der Waals surface area contributed by atoms with Gasteiger partial charge in [0, 0.05) is 39.9 Å². The number of benzene rings is 1. The van der Waals surface area contributed by atoms with Gasteiger partial charge in [-0.15, -0.1) is 0 Å². The van der Waals surface area contributed by atoms with Crippen LogP contribution >= 0.6 is 0 Å². The molecular weight excluding hydrogens is 359 g/mol. The van der Waals surface area contributed by atoms with E-state index in [0.717, 1.165) is 37.6 Å². The van der Waals surface area contributed by atoms with Crippen LogP contribution in [-0.4, -0.2) is 51.8 Å². The highest BCUT2D eigenvalue weighted by atomic mass is 19.1. The third-order valence-electron chi connectivity index (χ3n) is 5.19. The molecule has 6 nitrogen and oxygen atoms in total. The Morgan fingerprint density at radius 1 is 1.18 bits per heavy atom. The van der Waals surface area contributed by atoms with Gasteiger partial charge in [0.25, 0.3) is 0 Å². The van der Waals surface area contributed by atoms with E-state index in [0.29, 0.717) is 13.1 Å². The van der Waals surface area contributed by atoms with Crippen LogP contribution in [0.4, 0.5) is 4.39 Å². The van der Waals surface area contributed by atoms with Crippen molar-refractivity contribution in [2.75, 3.05) is 39.9 Å². The van der Waals surface area contributed by atoms with Crippen LogP contribution in [0.25, 0.3) is 0 Å². The van der Waals surface area contributed by atoms with Crippen molar-refractivity contribution in [2.24, 2.45) is 10.4 Å². The van der Waals surface area contributed by atoms with Gasteiger partial charge in [0.15, 0.2) is 5.96 Å². The number of amides is 1. The van der Waals surface area contributed by atoms with Crippen LogP contribution in [0.2, 0.25) is 0 Å². The van der Waals surface area contributed by atoms with Gasteiger partial charge >= 0.3 is 0 Å². The van der Waals surface area contributed by atoms with Crippen LogP contribution in [0.15, 0.2) is 29.3 Å². The average Bonchev–Trinajstić information content (AvgIpc) is 2.65. The number of carbonyl (C=O) groups is 1. The Balaban J connectivity index is 1.71. The molecule has 1 amide bonds. The summed E-state index contributed by atoms with van der Waals surface area (Å²) in [4.78, 5) is 16.7. The fraction of sp³-hybridized carbons (Fsp3) is 0.619. The van der Waals surface area contributed by atoms with E-state index >= 15 is 0 Å². The number of hydrogen-bond acceptors (Lipinski definition) is 3. The second-order valence-corrected chi connectivity index (χ2v) is 7.37. The maximum absolute atomic E-state index is 12.9. The molecule has 0 aliphatic heterocycles. The molecule has 1 aliphatic rings. The van der Waals surface area contributed by atoms with Gasteiger partial charge < -0.3 is 20.7 Å². The molecule has 0 aromatic heterocycles. The highest BCUT2D eigenvalue weighted by Gasteiger charge is 2.36. The van der Waals surface area contributed by atoms with Gasteiger partial charge in [-0.2, -0.15) is 0 Å². The Bertz CT molecular complexity index is 630. The van der Waals surface area contributed by atoms with Gasteiger partial charge in [-0.25, -0.2) is 4.39 Å². The Labute approximate surface area is 167 Å². The maximum atomic E-state index is 12.9. The summed E-state index contributed by atoms with van der Waals surface area (Å²) in [5.41, 5.74) is 1.07. The summed E-state index contributed by atoms with van der Waals surface area (Å²) in [6.45, 7) is 5.48. The summed E-state index contributed by atoms with van der Waals surface area (Å²) < 4.78 is 18.1. The third-order valence-corrected chi connectivity index (χ3v) is 5.19. The van der Waals surface area contributed by atoms with E-state index in [1.54, 1.807) is 19.2 Å². The number of rotatable bonds is 11. The van der Waals surface area contributed by atoms with Crippen LogP contribution in [-0.2, 0) is 16.0 Å². The van der Waals surface area contributed by atoms with E-state index in [1.165, 1.54) is 31.4 Å². The zero-order chi connectivity index (χ0) is 20.2. The standard InChI is InChI=1S/C21H33FN4O2/c1-3-23-20(26-16-21(9-4-10-21)11-14-28-2)25-13-12-24-19(27)15-17-5-7-18(22)8-6-17/h5-8H,3-4,9-16H2,1-2H3,(H,24,27)(H2,23,25,26). The largest absolute Gasteiger partial charge is 0.385 e. The van der Waals surface area contributed by atoms with Crippen molar-refractivity contribution in [3.63, 3.8) is 0 Å². The van der Waals surface area contributed by atoms with Crippen LogP contribution in [0.3, 0.4) is 0 Å². The number of aliphatic imine (C=N–C) groups is 1. The topological polar surface area (TPSA) is 74.8 Å². The van der Waals surface area contributed by atoms with Crippen molar-refractivity contribution >= 4 is 11.9 Å². The minimum atomic E-state index is -0.297. The van der Waals surface area contributed by atoms with Gasteiger partial charge in [-0.05, 0) is 49.3 Å². The molecule has 1 aromatic carbocycles. The molecule has 0 heterocycles. The Kier molecular flexibility index (Phi) is 9.20. The number of halogens is 1. The molecule has 0 unspecified atom stereocenters. The third kappa shape index (κ3) is 7.46. The van der Waals surface area contributed by atoms with E-state index < -0.39 is 0 Å². The number of nitrogens with one attached hydrogen (secondary N) is 3. The predicted octanol–water partition coefficient (Wildman–Crippen LogP) is 2.25. The highest BCUT2D eigenvalue weighted by molar-refractivity contribution is 5.80. The number of carbonyl (C=O) groups excluding carboxylic acids is 1. The lowest BCUT2D eigenvalue weighted by atomic mass is 9.67. The van der Waals surface area contributed by atoms with Gasteiger partial charge in [-0.1, -0.05) is 18.6 Å². The lowest BCUT2D eigenvalue weighted by Crippen LogP contribution is -2.43. The van der Waals surface area contributed by atoms with E-state index in [2.05, 4.69) is 16.0 Å². The number of methoxy groups -OCH3 is 1. The SMILES string of the molecule is CCNC(=NCC1(CCOC)CCC1)NCCNC(=O)Cc1ccc(F)cc1. The number of ether oxygens (including phenoxy) is 1. The summed E-state index contributed by atoms with van der Waals surface area (Å²) in [5.74, 6) is 0.400. The molecular formula is C21H33FN4O2. The molecule has 0 radical (unpaired) electrons. The first-order valence-electron chi connectivity index (χ1n) is 10.1. The Morgan fingerprint density at radius 3 is 2.50 bits per heavy atom. The van der Waals surface area contributed by atoms with Crippen LogP contribution in [0, 0.1) is 11.2 Å². The lowest BCUT2D eigenvalue weighted by Gasteiger charge is -2.40. The molecule has 1 saturated carbocycles. The maximum Gasteiger partial charge on any atom is 0.224 e. The molecule has 28 heavy (non-hydrogen) atoms. The Morgan fingerprint density at radius 2 is 1.89 bits per heavy atom. The minimum Gasteiger partial charge on any atom is -0.385 e. The molecule has 0 saturated heterocycles. The first kappa shape index (κ1) is 22.1. The van der Waals surface area contributed by atoms with Crippen LogP contribution in [0.1, 0.15) is 38.2 Å². The molecule has 1 aromatic rings. The summed E-state index contributed by atoms with van der Waals surface area (Å²) >= 11 is 0. The van der Waals surface area contributed by atoms with Gasteiger partial charge in [0.2, 0.25) is 5.91 Å². The molecule has 0 spiro atoms. The summed E-state index contributed by atoms with van der Waals surface area (Å²) in [6, 6.07) is 5.99. The summed E-state index contributed by atoms with van der Waals surface area (Å²) in [6.07, 6.45) is 4.98. The zero-order valence-corrected chi connectivity index (χ0v) is 17.0. The predicted molar refractivity (Wildman–Crippen MR) is 110 cm³/mol. The normalized spacial score (nSPS) is 15.6. The first-order chi connectivity index (χ1) is 13.6. The number of hydrogen-bond donors (Lipinski definition) is 3. The van der Waals surface area contributed by atoms with Crippen molar-refractivity contribution in [1.82, 2.24) is 16.0 Å². The highest BCUT2D eigenvalue weighted by Crippen LogP contribution is 2.44. The van der Waals surface area contributed by atoms with E-state index in [1.807, 2.05) is 6.92 Å². The molecule has 3 N–H and O–H groups in total. The van der Waals surface area contributed by atoms with Gasteiger partial charge in [-0.3, -0.25) is 9.79 Å². The van der Waals surface area contributed by atoms with Gasteiger partial charge in [0.05, 0.1) is 6.42 Å². The fourth-order valence-electron chi connectivity index (χ4n) is 3.30. The molecule has 156 valence electrons. The van der Waals surface area contributed by atoms with E-state index in [9.17, 15) is 9.18 Å². The smallest absolute Gasteiger partial charge is 0.224 e. The number of nitrogens with zero attached hydrogens (tertiary/aromatic N) is 1. The number of guanidine groups is 1. The molecule has 1 fully saturated rings. The molecule has 7 heteroatoms. The van der Waals surface area contributed by atoms with E-state index in [4.69, 9.17) is 9.73 Å². The second kappa shape index (κ2) is 11.6. The summed E-state index contributed by atoms with van der Waals surface area (Å²) in [7, 11) is 1.74. The van der Waals surface area contributed by atoms with Crippen molar-refractivity contribution in [3.8, 4) is 0 Å². The van der Waals surface area contributed by atoms with Crippen molar-refractivity contribution in [1.29, 1.82) is 0 Å². The minimum absolute atomic E-state index is 0.0802. The van der Waals surface area contributed by atoms with Crippen LogP contribution in [0.5, 0.6) is 0 Å². The van der Waals surface area contributed by atoms with Gasteiger partial charge in [0.1, 0.15) is 5.82 Å². The van der Waals surface area contributed by atoms with E-state index in [-0.39, 0.29) is 23.6 Å². The average molecular weight is 393 g/mol. The monoisotopic (exact) mass is 392 g/mol. The lowest BCUT2D eigenvalue weighted by molar-refractivity contribution is -0.120. The molecule has 1 aliphatic carbocycles. The van der Waals surface area contributed by atoms with Crippen LogP contribution < -0.4 is 16.0 Å². The second-order valence-electron chi connectivity index (χ2n) is 7.37. The van der Waals surface area contributed by atoms with Crippen molar-refractivity contribution in [3.05, 3.63) is 35.6 Å². The quantitative estimate of drug-likeness (QED) is 0.307. The summed E-state index contributed by atoms with van der Waals surface area (Å²) in [5, 5.41) is 9.39. The molecule has 2 rings (SSSR count). The van der Waals surface area contributed by atoms with Crippen molar-refractivity contribution < 1.29 is 13.9 Å². The fourth-order valence-corrected chi connectivity index (χ4v) is 3.30. The Hall–Kier alpha value is -2.15. The molecule has 0 atom stereocenters. The molecule has 0 bridgehead atoms. The zero-order valence-electron chi connectivity index (χ0n) is 17.0. The first-order valence-corrected chi connectivity index (χ1v) is 10.1.